The Bertz CT molecular complexity index is 481. The predicted molar refractivity (Wildman–Crippen MR) is 76.4 cm³/mol. The van der Waals surface area contributed by atoms with Crippen molar-refractivity contribution in [2.45, 2.75) is 27.2 Å². The molecule has 0 aromatic heterocycles. The average Bonchev–Trinajstić information content (AvgIpc) is 2.34. The summed E-state index contributed by atoms with van der Waals surface area (Å²) < 4.78 is 19.5. The zero-order valence-electron chi connectivity index (χ0n) is 12.4. The van der Waals surface area contributed by atoms with Crippen LogP contribution in [-0.2, 0) is 0 Å². The number of carbonyl (C=O) groups is 1. The van der Waals surface area contributed by atoms with Crippen molar-refractivity contribution in [3.05, 3.63) is 29.6 Å². The molecule has 1 aliphatic heterocycles. The Morgan fingerprint density at radius 3 is 2.70 bits per heavy atom. The Balaban J connectivity index is 1.97. The van der Waals surface area contributed by atoms with Crippen LogP contribution in [0.4, 0.5) is 4.39 Å². The lowest BCUT2D eigenvalue weighted by molar-refractivity contribution is 0.0525. The van der Waals surface area contributed by atoms with Crippen molar-refractivity contribution in [3.8, 4) is 5.75 Å². The molecule has 110 valence electrons. The summed E-state index contributed by atoms with van der Waals surface area (Å²) in [7, 11) is 0. The van der Waals surface area contributed by atoms with Crippen LogP contribution in [-0.4, -0.2) is 30.5 Å². The summed E-state index contributed by atoms with van der Waals surface area (Å²) in [6, 6.07) is 4.49. The van der Waals surface area contributed by atoms with Gasteiger partial charge in [-0.15, -0.1) is 0 Å². The number of hydrogen-bond donors (Lipinski definition) is 0. The lowest BCUT2D eigenvalue weighted by Gasteiger charge is -2.37. The molecular formula is C16H22FNO2. The summed E-state index contributed by atoms with van der Waals surface area (Å²) in [5, 5.41) is 0. The van der Waals surface area contributed by atoms with Crippen molar-refractivity contribution in [2.75, 3.05) is 19.7 Å². The van der Waals surface area contributed by atoms with E-state index in [9.17, 15) is 9.18 Å². The fraction of sp³-hybridized carbons (Fsp3) is 0.562. The Morgan fingerprint density at radius 2 is 2.15 bits per heavy atom. The van der Waals surface area contributed by atoms with Gasteiger partial charge in [0.15, 0.2) is 0 Å². The first-order valence-corrected chi connectivity index (χ1v) is 7.19. The molecule has 0 saturated carbocycles. The normalized spacial score (nSPS) is 15.3. The Kier molecular flexibility index (Phi) is 4.63. The second-order valence-electron chi connectivity index (χ2n) is 5.99. The number of nitrogens with zero attached hydrogens (tertiary/aromatic N) is 1. The van der Waals surface area contributed by atoms with Crippen molar-refractivity contribution in [1.82, 2.24) is 4.90 Å². The second-order valence-corrected chi connectivity index (χ2v) is 5.99. The maximum Gasteiger partial charge on any atom is 0.256 e. The summed E-state index contributed by atoms with van der Waals surface area (Å²) in [5.41, 5.74) is 0.133. The predicted octanol–water partition coefficient (Wildman–Crippen LogP) is 3.34. The summed E-state index contributed by atoms with van der Waals surface area (Å²) in [5.74, 6) is 0.817. The van der Waals surface area contributed by atoms with E-state index in [4.69, 9.17) is 4.74 Å². The zero-order valence-corrected chi connectivity index (χ0v) is 12.4. The molecular weight excluding hydrogens is 257 g/mol. The number of rotatable bonds is 5. The molecule has 0 radical (unpaired) electrons. The number of amides is 1. The molecule has 3 nitrogen and oxygen atoms in total. The number of benzene rings is 1. The third-order valence-corrected chi connectivity index (χ3v) is 3.49. The van der Waals surface area contributed by atoms with Crippen molar-refractivity contribution in [2.24, 2.45) is 11.8 Å². The molecule has 20 heavy (non-hydrogen) atoms. The first-order chi connectivity index (χ1) is 9.47. The third kappa shape index (κ3) is 3.50. The topological polar surface area (TPSA) is 29.5 Å². The van der Waals surface area contributed by atoms with Gasteiger partial charge in [-0.2, -0.15) is 0 Å². The molecule has 1 aromatic rings. The minimum Gasteiger partial charge on any atom is -0.493 e. The largest absolute Gasteiger partial charge is 0.493 e. The molecule has 1 fully saturated rings. The van der Waals surface area contributed by atoms with Gasteiger partial charge in [-0.05, 0) is 30.4 Å². The SMILES string of the molecule is CC(C)CCOc1ccc(C(=O)N2CC(C)C2)c(F)c1. The fourth-order valence-electron chi connectivity index (χ4n) is 2.21. The van der Waals surface area contributed by atoms with E-state index in [-0.39, 0.29) is 11.5 Å². The van der Waals surface area contributed by atoms with Crippen molar-refractivity contribution < 1.29 is 13.9 Å². The van der Waals surface area contributed by atoms with E-state index < -0.39 is 5.82 Å². The van der Waals surface area contributed by atoms with Gasteiger partial charge >= 0.3 is 0 Å². The minimum atomic E-state index is -0.503. The molecule has 4 heteroatoms. The quantitative estimate of drug-likeness (QED) is 0.827. The van der Waals surface area contributed by atoms with Gasteiger partial charge in [-0.25, -0.2) is 4.39 Å². The van der Waals surface area contributed by atoms with Crippen LogP contribution >= 0.6 is 0 Å². The van der Waals surface area contributed by atoms with Crippen LogP contribution in [0.3, 0.4) is 0 Å². The van der Waals surface area contributed by atoms with E-state index in [1.807, 2.05) is 0 Å². The standard InChI is InChI=1S/C16H22FNO2/c1-11(2)6-7-20-13-4-5-14(15(17)8-13)16(19)18-9-12(3)10-18/h4-5,8,11-12H,6-7,9-10H2,1-3H3. The lowest BCUT2D eigenvalue weighted by atomic mass is 10.0. The molecule has 1 amide bonds. The monoisotopic (exact) mass is 279 g/mol. The molecule has 0 unspecified atom stereocenters. The highest BCUT2D eigenvalue weighted by Crippen LogP contribution is 2.22. The third-order valence-electron chi connectivity index (χ3n) is 3.49. The van der Waals surface area contributed by atoms with Crippen LogP contribution in [0.1, 0.15) is 37.6 Å². The van der Waals surface area contributed by atoms with Crippen LogP contribution in [0, 0.1) is 17.7 Å². The van der Waals surface area contributed by atoms with Crippen LogP contribution in [0.2, 0.25) is 0 Å². The molecule has 0 N–H and O–H groups in total. The van der Waals surface area contributed by atoms with Gasteiger partial charge in [0, 0.05) is 19.2 Å². The number of likely N-dealkylation sites (tertiary alicyclic amines) is 1. The van der Waals surface area contributed by atoms with E-state index in [0.29, 0.717) is 37.3 Å². The van der Waals surface area contributed by atoms with Gasteiger partial charge in [0.25, 0.3) is 5.91 Å². The van der Waals surface area contributed by atoms with E-state index >= 15 is 0 Å². The van der Waals surface area contributed by atoms with E-state index in [0.717, 1.165) is 6.42 Å². The first-order valence-electron chi connectivity index (χ1n) is 7.19. The van der Waals surface area contributed by atoms with Crippen molar-refractivity contribution >= 4 is 5.91 Å². The highest BCUT2D eigenvalue weighted by atomic mass is 19.1. The first kappa shape index (κ1) is 14.8. The molecule has 1 saturated heterocycles. The van der Waals surface area contributed by atoms with Crippen LogP contribution in [0.15, 0.2) is 18.2 Å². The Labute approximate surface area is 119 Å². The van der Waals surface area contributed by atoms with Gasteiger partial charge in [0.2, 0.25) is 0 Å². The van der Waals surface area contributed by atoms with Crippen LogP contribution in [0.25, 0.3) is 0 Å². The van der Waals surface area contributed by atoms with Gasteiger partial charge in [0.05, 0.1) is 12.2 Å². The number of carbonyl (C=O) groups excluding carboxylic acids is 1. The van der Waals surface area contributed by atoms with Gasteiger partial charge < -0.3 is 9.64 Å². The minimum absolute atomic E-state index is 0.133. The number of halogens is 1. The number of hydrogen-bond acceptors (Lipinski definition) is 2. The van der Waals surface area contributed by atoms with Crippen LogP contribution in [0.5, 0.6) is 5.75 Å². The summed E-state index contributed by atoms with van der Waals surface area (Å²) >= 11 is 0. The summed E-state index contributed by atoms with van der Waals surface area (Å²) in [4.78, 5) is 13.7. The molecule has 1 aliphatic rings. The maximum absolute atomic E-state index is 14.0. The average molecular weight is 279 g/mol. The summed E-state index contributed by atoms with van der Waals surface area (Å²) in [6.45, 7) is 8.29. The van der Waals surface area contributed by atoms with Crippen LogP contribution < -0.4 is 4.74 Å². The fourth-order valence-corrected chi connectivity index (χ4v) is 2.21. The van der Waals surface area contributed by atoms with Gasteiger partial charge in [0.1, 0.15) is 11.6 Å². The molecule has 2 rings (SSSR count). The van der Waals surface area contributed by atoms with E-state index in [1.165, 1.54) is 12.1 Å². The Hall–Kier alpha value is -1.58. The molecule has 1 heterocycles. The lowest BCUT2D eigenvalue weighted by Crippen LogP contribution is -2.48. The van der Waals surface area contributed by atoms with E-state index in [2.05, 4.69) is 20.8 Å². The summed E-state index contributed by atoms with van der Waals surface area (Å²) in [6.07, 6.45) is 0.925. The van der Waals surface area contributed by atoms with Crippen molar-refractivity contribution in [3.63, 3.8) is 0 Å². The molecule has 0 atom stereocenters. The maximum atomic E-state index is 14.0. The number of ether oxygens (including phenoxy) is 1. The molecule has 0 bridgehead atoms. The van der Waals surface area contributed by atoms with E-state index in [1.54, 1.807) is 11.0 Å². The molecule has 1 aromatic carbocycles. The van der Waals surface area contributed by atoms with Gasteiger partial charge in [-0.3, -0.25) is 4.79 Å². The van der Waals surface area contributed by atoms with Gasteiger partial charge in [-0.1, -0.05) is 20.8 Å². The highest BCUT2D eigenvalue weighted by Gasteiger charge is 2.29. The smallest absolute Gasteiger partial charge is 0.256 e. The zero-order chi connectivity index (χ0) is 14.7. The second kappa shape index (κ2) is 6.25. The Morgan fingerprint density at radius 1 is 1.45 bits per heavy atom. The molecule has 0 aliphatic carbocycles. The highest BCUT2D eigenvalue weighted by molar-refractivity contribution is 5.95. The molecule has 0 spiro atoms. The van der Waals surface area contributed by atoms with Crippen molar-refractivity contribution in [1.29, 1.82) is 0 Å².